The summed E-state index contributed by atoms with van der Waals surface area (Å²) in [4.78, 5) is 12.5. The number of carbonyl (C=O) groups excluding carboxylic acids is 1. The molecule has 3 atom stereocenters. The van der Waals surface area contributed by atoms with Crippen LogP contribution < -0.4 is 5.32 Å². The fourth-order valence-corrected chi connectivity index (χ4v) is 8.67. The number of aliphatic hydroxyl groups excluding tert-OH is 3. The van der Waals surface area contributed by atoms with Crippen LogP contribution in [0.5, 0.6) is 0 Å². The third-order valence-electron chi connectivity index (χ3n) is 13.0. The Hall–Kier alpha value is -1.43. The van der Waals surface area contributed by atoms with Crippen LogP contribution >= 0.6 is 0 Å². The zero-order valence-corrected chi connectivity index (χ0v) is 41.8. The summed E-state index contributed by atoms with van der Waals surface area (Å²) in [7, 11) is 0. The molecule has 0 aromatic rings. The number of carbonyl (C=O) groups is 1. The molecule has 3 unspecified atom stereocenters. The van der Waals surface area contributed by atoms with Crippen molar-refractivity contribution in [2.75, 3.05) is 6.61 Å². The fraction of sp³-hybridized carbons (Fsp3) is 0.877. The smallest absolute Gasteiger partial charge is 0.220 e. The largest absolute Gasteiger partial charge is 0.394 e. The maximum Gasteiger partial charge on any atom is 0.220 e. The normalized spacial score (nSPS) is 13.6. The lowest BCUT2D eigenvalue weighted by molar-refractivity contribution is -0.124. The van der Waals surface area contributed by atoms with Gasteiger partial charge in [0.15, 0.2) is 0 Å². The molecule has 5 heteroatoms. The van der Waals surface area contributed by atoms with Crippen molar-refractivity contribution in [3.63, 3.8) is 0 Å². The van der Waals surface area contributed by atoms with Gasteiger partial charge in [0, 0.05) is 6.42 Å². The summed E-state index contributed by atoms with van der Waals surface area (Å²) in [6.45, 7) is 4.20. The second-order valence-electron chi connectivity index (χ2n) is 19.1. The van der Waals surface area contributed by atoms with E-state index in [4.69, 9.17) is 0 Å². The van der Waals surface area contributed by atoms with Crippen LogP contribution in [0.4, 0.5) is 0 Å². The molecule has 0 fully saturated rings. The molecule has 0 heterocycles. The molecule has 1 amide bonds. The lowest BCUT2D eigenvalue weighted by Gasteiger charge is -2.26. The molecular weight excluding hydrogens is 763 g/mol. The molecule has 5 nitrogen and oxygen atoms in total. The van der Waals surface area contributed by atoms with Gasteiger partial charge in [0.05, 0.1) is 18.8 Å². The zero-order valence-electron chi connectivity index (χ0n) is 41.8. The molecule has 0 aliphatic carbocycles. The van der Waals surface area contributed by atoms with E-state index in [0.717, 1.165) is 44.9 Å². The molecule has 0 rings (SSSR count). The summed E-state index contributed by atoms with van der Waals surface area (Å²) in [5.74, 6) is -0.156. The summed E-state index contributed by atoms with van der Waals surface area (Å²) in [5.41, 5.74) is 0. The standard InChI is InChI=1S/C57H109NO4/c1-3-5-7-9-11-13-15-17-19-21-23-25-27-28-30-32-34-36-38-40-42-44-46-48-50-52-56(61)58-54(53-59)57(62)55(60)51-49-47-45-43-41-39-37-35-33-31-29-26-24-22-20-18-16-14-12-10-8-6-4-2/h23,25,28,30,43,45,54-55,57,59-60,62H,3-22,24,26-27,29,31-42,44,46-53H2,1-2H3,(H,58,61)/b25-23-,30-28-,45-43+. The van der Waals surface area contributed by atoms with Gasteiger partial charge in [-0.3, -0.25) is 4.79 Å². The van der Waals surface area contributed by atoms with E-state index < -0.39 is 18.2 Å². The lowest BCUT2D eigenvalue weighted by atomic mass is 10.0. The quantitative estimate of drug-likeness (QED) is 0.0362. The molecule has 62 heavy (non-hydrogen) atoms. The molecule has 0 spiro atoms. The number of allylic oxidation sites excluding steroid dienone is 6. The van der Waals surface area contributed by atoms with Gasteiger partial charge in [0.25, 0.3) is 0 Å². The predicted molar refractivity (Wildman–Crippen MR) is 273 cm³/mol. The Morgan fingerprint density at radius 3 is 1.03 bits per heavy atom. The van der Waals surface area contributed by atoms with E-state index in [2.05, 4.69) is 55.6 Å². The minimum atomic E-state index is -1.16. The molecule has 0 bridgehead atoms. The third kappa shape index (κ3) is 46.6. The monoisotopic (exact) mass is 872 g/mol. The van der Waals surface area contributed by atoms with E-state index in [0.29, 0.717) is 12.8 Å². The van der Waals surface area contributed by atoms with Crippen LogP contribution in [0.15, 0.2) is 36.5 Å². The Morgan fingerprint density at radius 1 is 0.403 bits per heavy atom. The van der Waals surface area contributed by atoms with Crippen LogP contribution in [0.25, 0.3) is 0 Å². The SMILES string of the molecule is CCCCCCCCCCC/C=C\C/C=C\CCCCCCCCCCCC(=O)NC(CO)C(O)C(O)CCC/C=C/CCCCCCCCCCCCCCCCCCCC. The number of nitrogens with one attached hydrogen (secondary N) is 1. The van der Waals surface area contributed by atoms with Gasteiger partial charge in [-0.1, -0.05) is 256 Å². The Labute approximate surface area is 387 Å². The van der Waals surface area contributed by atoms with Crippen LogP contribution in [-0.4, -0.2) is 46.1 Å². The molecule has 4 N–H and O–H groups in total. The Morgan fingerprint density at radius 2 is 0.694 bits per heavy atom. The first-order valence-corrected chi connectivity index (χ1v) is 27.8. The number of amides is 1. The average molecular weight is 873 g/mol. The first-order valence-electron chi connectivity index (χ1n) is 27.8. The summed E-state index contributed by atoms with van der Waals surface area (Å²) in [5, 5.41) is 33.7. The second kappa shape index (κ2) is 52.2. The minimum Gasteiger partial charge on any atom is -0.394 e. The number of aliphatic hydroxyl groups is 3. The van der Waals surface area contributed by atoms with E-state index >= 15 is 0 Å². The average Bonchev–Trinajstić information content (AvgIpc) is 3.28. The van der Waals surface area contributed by atoms with Gasteiger partial charge in [-0.2, -0.15) is 0 Å². The van der Waals surface area contributed by atoms with Gasteiger partial charge in [-0.25, -0.2) is 0 Å². The molecular formula is C57H109NO4. The van der Waals surface area contributed by atoms with Crippen LogP contribution in [0.1, 0.15) is 296 Å². The van der Waals surface area contributed by atoms with Crippen molar-refractivity contribution in [3.05, 3.63) is 36.5 Å². The van der Waals surface area contributed by atoms with Crippen LogP contribution in [-0.2, 0) is 4.79 Å². The summed E-state index contributed by atoms with van der Waals surface area (Å²) < 4.78 is 0. The molecule has 0 aliphatic rings. The number of rotatable bonds is 51. The van der Waals surface area contributed by atoms with Gasteiger partial charge in [0.2, 0.25) is 5.91 Å². The van der Waals surface area contributed by atoms with Crippen molar-refractivity contribution >= 4 is 5.91 Å². The highest BCUT2D eigenvalue weighted by atomic mass is 16.3. The Bertz CT molecular complexity index is 962. The lowest BCUT2D eigenvalue weighted by Crippen LogP contribution is -2.50. The van der Waals surface area contributed by atoms with Gasteiger partial charge in [0.1, 0.15) is 6.10 Å². The number of hydrogen-bond donors (Lipinski definition) is 4. The minimum absolute atomic E-state index is 0.156. The highest BCUT2D eigenvalue weighted by molar-refractivity contribution is 5.76. The van der Waals surface area contributed by atoms with Crippen molar-refractivity contribution in [1.29, 1.82) is 0 Å². The predicted octanol–water partition coefficient (Wildman–Crippen LogP) is 17.1. The van der Waals surface area contributed by atoms with Gasteiger partial charge >= 0.3 is 0 Å². The van der Waals surface area contributed by atoms with Crippen molar-refractivity contribution in [2.24, 2.45) is 0 Å². The molecule has 0 saturated carbocycles. The highest BCUT2D eigenvalue weighted by Crippen LogP contribution is 2.17. The van der Waals surface area contributed by atoms with Crippen molar-refractivity contribution in [1.82, 2.24) is 5.32 Å². The summed E-state index contributed by atoms with van der Waals surface area (Å²) in [6.07, 6.45) is 67.2. The third-order valence-corrected chi connectivity index (χ3v) is 13.0. The molecule has 366 valence electrons. The fourth-order valence-electron chi connectivity index (χ4n) is 8.67. The van der Waals surface area contributed by atoms with E-state index in [9.17, 15) is 20.1 Å². The second-order valence-corrected chi connectivity index (χ2v) is 19.1. The number of hydrogen-bond acceptors (Lipinski definition) is 4. The maximum absolute atomic E-state index is 12.5. The topological polar surface area (TPSA) is 89.8 Å². The maximum atomic E-state index is 12.5. The molecule has 0 aliphatic heterocycles. The zero-order chi connectivity index (χ0) is 45.1. The summed E-state index contributed by atoms with van der Waals surface area (Å²) >= 11 is 0. The molecule has 0 radical (unpaired) electrons. The van der Waals surface area contributed by atoms with Gasteiger partial charge in [-0.15, -0.1) is 0 Å². The van der Waals surface area contributed by atoms with E-state index in [1.807, 2.05) is 0 Å². The highest BCUT2D eigenvalue weighted by Gasteiger charge is 2.26. The molecule has 0 aromatic carbocycles. The van der Waals surface area contributed by atoms with E-state index in [1.165, 1.54) is 225 Å². The molecule has 0 saturated heterocycles. The van der Waals surface area contributed by atoms with Gasteiger partial charge < -0.3 is 20.6 Å². The van der Waals surface area contributed by atoms with Crippen LogP contribution in [0, 0.1) is 0 Å². The molecule has 0 aromatic heterocycles. The van der Waals surface area contributed by atoms with Crippen LogP contribution in [0.3, 0.4) is 0 Å². The van der Waals surface area contributed by atoms with Crippen molar-refractivity contribution in [3.8, 4) is 0 Å². The van der Waals surface area contributed by atoms with E-state index in [1.54, 1.807) is 0 Å². The first-order chi connectivity index (χ1) is 30.6. The first kappa shape index (κ1) is 60.6. The van der Waals surface area contributed by atoms with Gasteiger partial charge in [-0.05, 0) is 70.6 Å². The van der Waals surface area contributed by atoms with Crippen LogP contribution in [0.2, 0.25) is 0 Å². The van der Waals surface area contributed by atoms with Crippen molar-refractivity contribution in [2.45, 2.75) is 315 Å². The number of unbranched alkanes of at least 4 members (excludes halogenated alkanes) is 37. The summed E-state index contributed by atoms with van der Waals surface area (Å²) in [6, 6.07) is -0.830. The van der Waals surface area contributed by atoms with E-state index in [-0.39, 0.29) is 12.5 Å². The van der Waals surface area contributed by atoms with Crippen molar-refractivity contribution < 1.29 is 20.1 Å². The Kier molecular flexibility index (Phi) is 51.0. The Balaban J connectivity index is 3.60.